The fraction of sp³-hybridized carbons (Fsp3) is 0.0500. The van der Waals surface area contributed by atoms with Crippen LogP contribution in [0.3, 0.4) is 0 Å². The quantitative estimate of drug-likeness (QED) is 0.507. The third-order valence-electron chi connectivity index (χ3n) is 4.15. The lowest BCUT2D eigenvalue weighted by Crippen LogP contribution is -2.15. The van der Waals surface area contributed by atoms with Crippen molar-refractivity contribution in [1.82, 2.24) is 10.1 Å². The van der Waals surface area contributed by atoms with Crippen LogP contribution in [0.15, 0.2) is 59.5 Å². The van der Waals surface area contributed by atoms with E-state index in [1.807, 2.05) is 31.2 Å². The molecule has 0 aliphatic heterocycles. The van der Waals surface area contributed by atoms with Gasteiger partial charge in [0.05, 0.1) is 23.6 Å². The van der Waals surface area contributed by atoms with Crippen LogP contribution in [0.25, 0.3) is 21.8 Å². The normalized spacial score (nSPS) is 10.8. The minimum absolute atomic E-state index is 0.472. The number of amides is 1. The first-order chi connectivity index (χ1) is 13.5. The monoisotopic (exact) mass is 397 g/mol. The van der Waals surface area contributed by atoms with Gasteiger partial charge < -0.3 is 9.84 Å². The number of aromatic nitrogens is 2. The summed E-state index contributed by atoms with van der Waals surface area (Å²) in [5.74, 6) is -2.23. The molecule has 4 aromatic rings. The summed E-state index contributed by atoms with van der Waals surface area (Å²) in [6, 6.07) is 11.2. The van der Waals surface area contributed by atoms with E-state index in [2.05, 4.69) is 15.5 Å². The van der Waals surface area contributed by atoms with Crippen molar-refractivity contribution in [3.8, 4) is 21.8 Å². The highest BCUT2D eigenvalue weighted by molar-refractivity contribution is 7.19. The predicted molar refractivity (Wildman–Crippen MR) is 102 cm³/mol. The first kappa shape index (κ1) is 18.0. The van der Waals surface area contributed by atoms with Crippen molar-refractivity contribution in [1.29, 1.82) is 0 Å². The van der Waals surface area contributed by atoms with Gasteiger partial charge in [0.1, 0.15) is 5.56 Å². The van der Waals surface area contributed by atoms with Gasteiger partial charge in [0.25, 0.3) is 5.91 Å². The molecule has 0 bridgehead atoms. The Balaban J connectivity index is 1.62. The van der Waals surface area contributed by atoms with Crippen LogP contribution in [-0.4, -0.2) is 16.0 Å². The van der Waals surface area contributed by atoms with E-state index in [0.717, 1.165) is 34.0 Å². The summed E-state index contributed by atoms with van der Waals surface area (Å²) in [6.07, 6.45) is 3.18. The standard InChI is InChI=1S/C20H13F2N3O2S/c1-11-2-3-12(16-6-7-24-27-16)8-13(11)17-4-5-18(28-17)25-20(26)19-14(21)9-23-10-15(19)22/h2-10H,1H3,(H,25,26). The van der Waals surface area contributed by atoms with Crippen molar-refractivity contribution in [2.75, 3.05) is 5.32 Å². The van der Waals surface area contributed by atoms with Crippen LogP contribution >= 0.6 is 11.3 Å². The molecule has 5 nitrogen and oxygen atoms in total. The minimum Gasteiger partial charge on any atom is -0.356 e. The Morgan fingerprint density at radius 2 is 1.89 bits per heavy atom. The number of carbonyl (C=O) groups is 1. The number of nitrogens with one attached hydrogen (secondary N) is 1. The molecule has 140 valence electrons. The number of aryl methyl sites for hydroxylation is 1. The Kier molecular flexibility index (Phi) is 4.70. The molecular formula is C20H13F2N3O2S. The molecule has 1 N–H and O–H groups in total. The van der Waals surface area contributed by atoms with Crippen LogP contribution in [-0.2, 0) is 0 Å². The first-order valence-corrected chi connectivity index (χ1v) is 9.07. The Hall–Kier alpha value is -3.39. The van der Waals surface area contributed by atoms with E-state index >= 15 is 0 Å². The van der Waals surface area contributed by atoms with E-state index in [4.69, 9.17) is 4.52 Å². The average molecular weight is 397 g/mol. The number of benzene rings is 1. The molecule has 0 aliphatic carbocycles. The number of nitrogens with zero attached hydrogens (tertiary/aromatic N) is 2. The SMILES string of the molecule is Cc1ccc(-c2ccno2)cc1-c1ccc(NC(=O)c2c(F)cncc2F)s1. The van der Waals surface area contributed by atoms with E-state index in [-0.39, 0.29) is 0 Å². The number of hydrogen-bond donors (Lipinski definition) is 1. The van der Waals surface area contributed by atoms with Gasteiger partial charge in [-0.2, -0.15) is 0 Å². The van der Waals surface area contributed by atoms with Crippen LogP contribution in [0.2, 0.25) is 0 Å². The average Bonchev–Trinajstić information content (AvgIpc) is 3.34. The lowest BCUT2D eigenvalue weighted by molar-refractivity contribution is 0.101. The van der Waals surface area contributed by atoms with Crippen LogP contribution in [0.5, 0.6) is 0 Å². The van der Waals surface area contributed by atoms with E-state index < -0.39 is 23.1 Å². The highest BCUT2D eigenvalue weighted by Gasteiger charge is 2.19. The van der Waals surface area contributed by atoms with Crippen LogP contribution in [0, 0.1) is 18.6 Å². The van der Waals surface area contributed by atoms with Gasteiger partial charge >= 0.3 is 0 Å². The van der Waals surface area contributed by atoms with Gasteiger partial charge in [-0.05, 0) is 36.2 Å². The third-order valence-corrected chi connectivity index (χ3v) is 5.18. The van der Waals surface area contributed by atoms with Gasteiger partial charge in [-0.3, -0.25) is 9.78 Å². The molecule has 0 spiro atoms. The molecule has 0 saturated heterocycles. The van der Waals surface area contributed by atoms with Crippen LogP contribution in [0.1, 0.15) is 15.9 Å². The van der Waals surface area contributed by atoms with Crippen molar-refractivity contribution in [3.05, 3.63) is 77.8 Å². The summed E-state index contributed by atoms with van der Waals surface area (Å²) in [5.41, 5.74) is 2.21. The second-order valence-electron chi connectivity index (χ2n) is 6.00. The van der Waals surface area contributed by atoms with Gasteiger partial charge in [0.2, 0.25) is 0 Å². The fourth-order valence-corrected chi connectivity index (χ4v) is 3.74. The zero-order valence-corrected chi connectivity index (χ0v) is 15.4. The van der Waals surface area contributed by atoms with Gasteiger partial charge in [-0.1, -0.05) is 17.3 Å². The van der Waals surface area contributed by atoms with E-state index in [1.54, 1.807) is 18.3 Å². The number of carbonyl (C=O) groups excluding carboxylic acids is 1. The van der Waals surface area contributed by atoms with Crippen molar-refractivity contribution in [2.45, 2.75) is 6.92 Å². The lowest BCUT2D eigenvalue weighted by Gasteiger charge is -2.06. The number of halogens is 2. The molecular weight excluding hydrogens is 384 g/mol. The molecule has 1 amide bonds. The highest BCUT2D eigenvalue weighted by Crippen LogP contribution is 2.36. The molecule has 8 heteroatoms. The molecule has 0 saturated carbocycles. The summed E-state index contributed by atoms with van der Waals surface area (Å²) < 4.78 is 32.7. The van der Waals surface area contributed by atoms with E-state index in [9.17, 15) is 13.6 Å². The number of thiophene rings is 1. The van der Waals surface area contributed by atoms with Crippen molar-refractivity contribution in [2.24, 2.45) is 0 Å². The van der Waals surface area contributed by atoms with Gasteiger partial charge in [-0.25, -0.2) is 8.78 Å². The molecule has 28 heavy (non-hydrogen) atoms. The molecule has 4 rings (SSSR count). The van der Waals surface area contributed by atoms with Crippen molar-refractivity contribution in [3.63, 3.8) is 0 Å². The molecule has 0 fully saturated rings. The zero-order chi connectivity index (χ0) is 19.7. The maximum atomic E-state index is 13.7. The molecule has 1 aromatic carbocycles. The van der Waals surface area contributed by atoms with Crippen LogP contribution < -0.4 is 5.32 Å². The molecule has 0 radical (unpaired) electrons. The maximum absolute atomic E-state index is 13.7. The summed E-state index contributed by atoms with van der Waals surface area (Å²) in [4.78, 5) is 16.5. The number of anilines is 1. The summed E-state index contributed by atoms with van der Waals surface area (Å²) in [6.45, 7) is 1.97. The van der Waals surface area contributed by atoms with E-state index in [1.165, 1.54) is 11.3 Å². The number of rotatable bonds is 4. The molecule has 3 aromatic heterocycles. The Bertz CT molecular complexity index is 1140. The Morgan fingerprint density at radius 3 is 2.61 bits per heavy atom. The summed E-state index contributed by atoms with van der Waals surface area (Å²) in [5, 5.41) is 6.72. The number of hydrogen-bond acceptors (Lipinski definition) is 5. The summed E-state index contributed by atoms with van der Waals surface area (Å²) in [7, 11) is 0. The maximum Gasteiger partial charge on any atom is 0.262 e. The van der Waals surface area contributed by atoms with Crippen LogP contribution in [0.4, 0.5) is 13.8 Å². The zero-order valence-electron chi connectivity index (χ0n) is 14.6. The highest BCUT2D eigenvalue weighted by atomic mass is 32.1. The Morgan fingerprint density at radius 1 is 1.11 bits per heavy atom. The largest absolute Gasteiger partial charge is 0.356 e. The minimum atomic E-state index is -1.01. The van der Waals surface area contributed by atoms with Gasteiger partial charge in [0.15, 0.2) is 17.4 Å². The van der Waals surface area contributed by atoms with Crippen molar-refractivity contribution >= 4 is 22.2 Å². The molecule has 0 unspecified atom stereocenters. The van der Waals surface area contributed by atoms with Crippen molar-refractivity contribution < 1.29 is 18.1 Å². The summed E-state index contributed by atoms with van der Waals surface area (Å²) >= 11 is 1.30. The second-order valence-corrected chi connectivity index (χ2v) is 7.09. The molecule has 3 heterocycles. The topological polar surface area (TPSA) is 68.0 Å². The first-order valence-electron chi connectivity index (χ1n) is 8.25. The van der Waals surface area contributed by atoms with Gasteiger partial charge in [0, 0.05) is 16.5 Å². The molecule has 0 atom stereocenters. The predicted octanol–water partition coefficient (Wildman–Crippen LogP) is 5.30. The van der Waals surface area contributed by atoms with E-state index in [0.29, 0.717) is 10.8 Å². The third kappa shape index (κ3) is 3.41. The lowest BCUT2D eigenvalue weighted by atomic mass is 10.0. The fourth-order valence-electron chi connectivity index (χ4n) is 2.76. The smallest absolute Gasteiger partial charge is 0.262 e. The number of pyridine rings is 1. The second kappa shape index (κ2) is 7.32. The Labute approximate surface area is 162 Å². The van der Waals surface area contributed by atoms with Gasteiger partial charge in [-0.15, -0.1) is 11.3 Å². The molecule has 0 aliphatic rings.